The maximum atomic E-state index is 11.0. The Labute approximate surface area is 106 Å². The van der Waals surface area contributed by atoms with E-state index < -0.39 is 4.92 Å². The molecule has 18 heavy (non-hydrogen) atoms. The molecule has 0 radical (unpaired) electrons. The van der Waals surface area contributed by atoms with Crippen LogP contribution in [0.15, 0.2) is 18.2 Å². The van der Waals surface area contributed by atoms with Crippen LogP contribution in [0.3, 0.4) is 0 Å². The molecule has 0 unspecified atom stereocenters. The van der Waals surface area contributed by atoms with Crippen molar-refractivity contribution < 1.29 is 14.8 Å². The van der Waals surface area contributed by atoms with Crippen LogP contribution in [0.25, 0.3) is 0 Å². The van der Waals surface area contributed by atoms with E-state index in [1.165, 1.54) is 12.5 Å². The molecule has 5 nitrogen and oxygen atoms in total. The molecule has 1 saturated carbocycles. The first-order valence-corrected chi connectivity index (χ1v) is 6.25. The third-order valence-electron chi connectivity index (χ3n) is 3.25. The van der Waals surface area contributed by atoms with Crippen LogP contribution < -0.4 is 4.74 Å². The molecule has 1 aromatic rings. The molecule has 1 aliphatic carbocycles. The summed E-state index contributed by atoms with van der Waals surface area (Å²) in [5, 5.41) is 20.0. The van der Waals surface area contributed by atoms with Gasteiger partial charge in [-0.1, -0.05) is 12.5 Å². The fourth-order valence-corrected chi connectivity index (χ4v) is 2.27. The van der Waals surface area contributed by atoms with E-state index in [4.69, 9.17) is 9.84 Å². The van der Waals surface area contributed by atoms with Crippen molar-refractivity contribution >= 4 is 5.69 Å². The molecular weight excluding hydrogens is 234 g/mol. The van der Waals surface area contributed by atoms with Crippen molar-refractivity contribution in [2.24, 2.45) is 0 Å². The van der Waals surface area contributed by atoms with Gasteiger partial charge >= 0.3 is 5.69 Å². The fraction of sp³-hybridized carbons (Fsp3) is 0.538. The van der Waals surface area contributed by atoms with Crippen LogP contribution in [-0.2, 0) is 6.61 Å². The van der Waals surface area contributed by atoms with Crippen LogP contribution in [0.4, 0.5) is 5.69 Å². The first-order chi connectivity index (χ1) is 8.70. The van der Waals surface area contributed by atoms with Crippen LogP contribution in [0.2, 0.25) is 0 Å². The molecule has 98 valence electrons. The van der Waals surface area contributed by atoms with Crippen molar-refractivity contribution in [3.05, 3.63) is 33.9 Å². The summed E-state index contributed by atoms with van der Waals surface area (Å²) in [6.07, 6.45) is 5.45. The molecular formula is C13H17NO4. The molecule has 0 aromatic heterocycles. The number of nitro benzene ring substituents is 1. The summed E-state index contributed by atoms with van der Waals surface area (Å²) < 4.78 is 5.72. The Balaban J connectivity index is 2.17. The van der Waals surface area contributed by atoms with E-state index in [9.17, 15) is 10.1 Å². The zero-order valence-corrected chi connectivity index (χ0v) is 10.2. The van der Waals surface area contributed by atoms with E-state index >= 15 is 0 Å². The van der Waals surface area contributed by atoms with E-state index in [1.807, 2.05) is 0 Å². The summed E-state index contributed by atoms with van der Waals surface area (Å²) in [6.45, 7) is -0.204. The molecule has 1 aliphatic rings. The highest BCUT2D eigenvalue weighted by atomic mass is 16.6. The highest BCUT2D eigenvalue weighted by Crippen LogP contribution is 2.31. The molecule has 0 bridgehead atoms. The number of nitrogens with zero attached hydrogens (tertiary/aromatic N) is 1. The van der Waals surface area contributed by atoms with Gasteiger partial charge in [-0.05, 0) is 37.3 Å². The second-order valence-corrected chi connectivity index (χ2v) is 4.60. The molecule has 1 N–H and O–H groups in total. The third-order valence-corrected chi connectivity index (χ3v) is 3.25. The zero-order valence-electron chi connectivity index (χ0n) is 10.2. The number of hydrogen-bond donors (Lipinski definition) is 1. The molecule has 0 saturated heterocycles. The van der Waals surface area contributed by atoms with Gasteiger partial charge < -0.3 is 9.84 Å². The minimum atomic E-state index is -0.461. The molecule has 2 rings (SSSR count). The number of ether oxygens (including phenoxy) is 1. The van der Waals surface area contributed by atoms with Gasteiger partial charge in [0.15, 0.2) is 5.75 Å². The van der Waals surface area contributed by atoms with Gasteiger partial charge in [-0.15, -0.1) is 0 Å². The Hall–Kier alpha value is -1.62. The SMILES string of the molecule is O=[N+]([O-])c1cc(CO)ccc1OC1CCCCC1. The summed E-state index contributed by atoms with van der Waals surface area (Å²) in [5.74, 6) is 0.309. The molecule has 1 fully saturated rings. The summed E-state index contributed by atoms with van der Waals surface area (Å²) in [5.41, 5.74) is 0.463. The number of hydrogen-bond acceptors (Lipinski definition) is 4. The van der Waals surface area contributed by atoms with E-state index in [0.717, 1.165) is 25.7 Å². The first kappa shape index (κ1) is 12.8. The average molecular weight is 251 g/mol. The number of aliphatic hydroxyl groups is 1. The molecule has 1 aromatic carbocycles. The van der Waals surface area contributed by atoms with Crippen molar-refractivity contribution in [2.75, 3.05) is 0 Å². The van der Waals surface area contributed by atoms with Crippen molar-refractivity contribution in [1.82, 2.24) is 0 Å². The lowest BCUT2D eigenvalue weighted by Crippen LogP contribution is -2.20. The monoisotopic (exact) mass is 251 g/mol. The smallest absolute Gasteiger partial charge is 0.311 e. The highest BCUT2D eigenvalue weighted by Gasteiger charge is 2.21. The lowest BCUT2D eigenvalue weighted by Gasteiger charge is -2.22. The maximum absolute atomic E-state index is 11.0. The van der Waals surface area contributed by atoms with Crippen LogP contribution in [0, 0.1) is 10.1 Å². The number of benzene rings is 1. The Kier molecular flexibility index (Phi) is 4.15. The second-order valence-electron chi connectivity index (χ2n) is 4.60. The van der Waals surface area contributed by atoms with Crippen molar-refractivity contribution in [3.63, 3.8) is 0 Å². The molecule has 0 spiro atoms. The molecule has 0 heterocycles. The van der Waals surface area contributed by atoms with Crippen molar-refractivity contribution in [3.8, 4) is 5.75 Å². The molecule has 0 atom stereocenters. The molecule has 5 heteroatoms. The van der Waals surface area contributed by atoms with Crippen molar-refractivity contribution in [2.45, 2.75) is 44.8 Å². The van der Waals surface area contributed by atoms with Gasteiger partial charge in [-0.3, -0.25) is 10.1 Å². The van der Waals surface area contributed by atoms with Crippen LogP contribution in [0.1, 0.15) is 37.7 Å². The number of aliphatic hydroxyl groups excluding tert-OH is 1. The van der Waals surface area contributed by atoms with E-state index in [1.54, 1.807) is 12.1 Å². The fourth-order valence-electron chi connectivity index (χ4n) is 2.27. The summed E-state index contributed by atoms with van der Waals surface area (Å²) in [4.78, 5) is 10.5. The molecule has 0 aliphatic heterocycles. The molecule has 0 amide bonds. The highest BCUT2D eigenvalue weighted by molar-refractivity contribution is 5.48. The lowest BCUT2D eigenvalue weighted by molar-refractivity contribution is -0.386. The number of rotatable bonds is 4. The van der Waals surface area contributed by atoms with Crippen molar-refractivity contribution in [1.29, 1.82) is 0 Å². The number of nitro groups is 1. The van der Waals surface area contributed by atoms with Gasteiger partial charge in [-0.2, -0.15) is 0 Å². The summed E-state index contributed by atoms with van der Waals surface area (Å²) in [6, 6.07) is 4.61. The quantitative estimate of drug-likeness (QED) is 0.659. The van der Waals surface area contributed by atoms with Gasteiger partial charge in [-0.25, -0.2) is 0 Å². The van der Waals surface area contributed by atoms with Gasteiger partial charge in [0.05, 0.1) is 17.6 Å². The van der Waals surface area contributed by atoms with E-state index in [0.29, 0.717) is 11.3 Å². The topological polar surface area (TPSA) is 72.6 Å². The Bertz CT molecular complexity index is 427. The van der Waals surface area contributed by atoms with Crippen LogP contribution >= 0.6 is 0 Å². The minimum Gasteiger partial charge on any atom is -0.484 e. The minimum absolute atomic E-state index is 0.0628. The van der Waals surface area contributed by atoms with Gasteiger partial charge in [0.1, 0.15) is 0 Å². The van der Waals surface area contributed by atoms with Gasteiger partial charge in [0.2, 0.25) is 0 Å². The predicted octanol–water partition coefficient (Wildman–Crippen LogP) is 2.80. The predicted molar refractivity (Wildman–Crippen MR) is 66.5 cm³/mol. The largest absolute Gasteiger partial charge is 0.484 e. The summed E-state index contributed by atoms with van der Waals surface area (Å²) >= 11 is 0. The lowest BCUT2D eigenvalue weighted by atomic mass is 9.98. The van der Waals surface area contributed by atoms with E-state index in [-0.39, 0.29) is 18.4 Å². The standard InChI is InChI=1S/C13H17NO4/c15-9-10-6-7-13(12(8-10)14(16)17)18-11-4-2-1-3-5-11/h6-8,11,15H,1-5,9H2. The van der Waals surface area contributed by atoms with E-state index in [2.05, 4.69) is 0 Å². The Morgan fingerprint density at radius 1 is 1.33 bits per heavy atom. The Morgan fingerprint density at radius 2 is 2.06 bits per heavy atom. The Morgan fingerprint density at radius 3 is 2.67 bits per heavy atom. The van der Waals surface area contributed by atoms with Gasteiger partial charge in [0, 0.05) is 6.07 Å². The maximum Gasteiger partial charge on any atom is 0.311 e. The zero-order chi connectivity index (χ0) is 13.0. The normalized spacial score (nSPS) is 16.5. The second kappa shape index (κ2) is 5.82. The average Bonchev–Trinajstić information content (AvgIpc) is 2.40. The third kappa shape index (κ3) is 2.98. The first-order valence-electron chi connectivity index (χ1n) is 6.25. The van der Waals surface area contributed by atoms with Gasteiger partial charge in [0.25, 0.3) is 0 Å². The summed E-state index contributed by atoms with van der Waals surface area (Å²) in [7, 11) is 0. The van der Waals surface area contributed by atoms with Crippen LogP contribution in [-0.4, -0.2) is 16.1 Å². The van der Waals surface area contributed by atoms with Crippen LogP contribution in [0.5, 0.6) is 5.75 Å².